The number of β-amino-alcohol motifs (C(OH)–C–C–N with tert-alkyl or cyclic N) is 1. The Hall–Kier alpha value is -1.36. The summed E-state index contributed by atoms with van der Waals surface area (Å²) in [6.45, 7) is 3.23. The molecule has 0 amide bonds. The molecular weight excluding hydrogens is 378 g/mol. The van der Waals surface area contributed by atoms with Crippen molar-refractivity contribution < 1.29 is 9.84 Å². The first-order valence-electron chi connectivity index (χ1n) is 9.10. The highest BCUT2D eigenvalue weighted by atomic mass is 79.9. The van der Waals surface area contributed by atoms with Crippen LogP contribution in [-0.2, 0) is 0 Å². The van der Waals surface area contributed by atoms with Gasteiger partial charge in [0.2, 0.25) is 0 Å². The van der Waals surface area contributed by atoms with Gasteiger partial charge in [-0.2, -0.15) is 0 Å². The predicted octanol–water partition coefficient (Wildman–Crippen LogP) is 4.73. The molecule has 1 atom stereocenters. The molecule has 1 aliphatic rings. The zero-order chi connectivity index (χ0) is 17.5. The standard InChI is InChI=1S/C21H26BrNO2/c22-21-8-4-3-7-20(21)17-9-11-19(12-10-17)25-16-18(24)15-23-13-5-1-2-6-14-23/h3-4,7-12,18,24H,1-2,5-6,13-16H2. The maximum atomic E-state index is 10.3. The second kappa shape index (κ2) is 9.37. The van der Waals surface area contributed by atoms with E-state index in [0.29, 0.717) is 13.2 Å². The van der Waals surface area contributed by atoms with Crippen molar-refractivity contribution in [2.24, 2.45) is 0 Å². The van der Waals surface area contributed by atoms with Gasteiger partial charge in [0.15, 0.2) is 0 Å². The lowest BCUT2D eigenvalue weighted by atomic mass is 10.1. The lowest BCUT2D eigenvalue weighted by Crippen LogP contribution is -2.36. The highest BCUT2D eigenvalue weighted by Gasteiger charge is 2.14. The Kier molecular flexibility index (Phi) is 6.91. The fourth-order valence-corrected chi connectivity index (χ4v) is 3.80. The molecule has 0 bridgehead atoms. The number of aliphatic hydroxyl groups excluding tert-OH is 1. The minimum Gasteiger partial charge on any atom is -0.491 e. The SMILES string of the molecule is OC(COc1ccc(-c2ccccc2Br)cc1)CN1CCCCCC1. The van der Waals surface area contributed by atoms with Crippen molar-refractivity contribution in [1.29, 1.82) is 0 Å². The second-order valence-corrected chi connectivity index (χ2v) is 7.54. The molecule has 25 heavy (non-hydrogen) atoms. The smallest absolute Gasteiger partial charge is 0.119 e. The van der Waals surface area contributed by atoms with Crippen LogP contribution in [0.3, 0.4) is 0 Å². The normalized spacial score (nSPS) is 17.0. The monoisotopic (exact) mass is 403 g/mol. The molecule has 0 spiro atoms. The average Bonchev–Trinajstić information content (AvgIpc) is 2.90. The third-order valence-electron chi connectivity index (χ3n) is 4.65. The molecule has 1 saturated heterocycles. The van der Waals surface area contributed by atoms with Crippen molar-refractivity contribution in [3.8, 4) is 16.9 Å². The van der Waals surface area contributed by atoms with Crippen LogP contribution in [0, 0.1) is 0 Å². The maximum absolute atomic E-state index is 10.3. The number of ether oxygens (including phenoxy) is 1. The van der Waals surface area contributed by atoms with Gasteiger partial charge in [-0.25, -0.2) is 0 Å². The molecule has 0 aliphatic carbocycles. The fourth-order valence-electron chi connectivity index (χ4n) is 3.29. The third kappa shape index (κ3) is 5.56. The average molecular weight is 404 g/mol. The van der Waals surface area contributed by atoms with Crippen molar-refractivity contribution in [2.75, 3.05) is 26.2 Å². The molecule has 1 fully saturated rings. The van der Waals surface area contributed by atoms with Crippen LogP contribution >= 0.6 is 15.9 Å². The number of hydrogen-bond acceptors (Lipinski definition) is 3. The third-order valence-corrected chi connectivity index (χ3v) is 5.34. The number of hydrogen-bond donors (Lipinski definition) is 1. The summed E-state index contributed by atoms with van der Waals surface area (Å²) in [6, 6.07) is 16.2. The maximum Gasteiger partial charge on any atom is 0.119 e. The summed E-state index contributed by atoms with van der Waals surface area (Å²) < 4.78 is 6.85. The van der Waals surface area contributed by atoms with Crippen molar-refractivity contribution >= 4 is 15.9 Å². The predicted molar refractivity (Wildman–Crippen MR) is 106 cm³/mol. The highest BCUT2D eigenvalue weighted by molar-refractivity contribution is 9.10. The van der Waals surface area contributed by atoms with Gasteiger partial charge in [0, 0.05) is 11.0 Å². The zero-order valence-electron chi connectivity index (χ0n) is 14.5. The summed E-state index contributed by atoms with van der Waals surface area (Å²) in [5, 5.41) is 10.3. The van der Waals surface area contributed by atoms with Gasteiger partial charge in [-0.15, -0.1) is 0 Å². The summed E-state index contributed by atoms with van der Waals surface area (Å²) in [7, 11) is 0. The summed E-state index contributed by atoms with van der Waals surface area (Å²) in [5.41, 5.74) is 2.31. The highest BCUT2D eigenvalue weighted by Crippen LogP contribution is 2.29. The molecule has 1 N–H and O–H groups in total. The Bertz CT molecular complexity index is 651. The quantitative estimate of drug-likeness (QED) is 0.756. The van der Waals surface area contributed by atoms with Crippen LogP contribution in [0.1, 0.15) is 25.7 Å². The number of rotatable bonds is 6. The van der Waals surface area contributed by atoms with E-state index < -0.39 is 6.10 Å². The van der Waals surface area contributed by atoms with Crippen LogP contribution in [0.2, 0.25) is 0 Å². The van der Waals surface area contributed by atoms with E-state index in [4.69, 9.17) is 4.74 Å². The van der Waals surface area contributed by atoms with E-state index in [0.717, 1.165) is 34.4 Å². The van der Waals surface area contributed by atoms with E-state index in [2.05, 4.69) is 39.0 Å². The Labute approximate surface area is 158 Å². The van der Waals surface area contributed by atoms with Gasteiger partial charge in [-0.1, -0.05) is 59.1 Å². The fraction of sp³-hybridized carbons (Fsp3) is 0.429. The molecule has 0 aromatic heterocycles. The van der Waals surface area contributed by atoms with Crippen LogP contribution in [-0.4, -0.2) is 42.4 Å². The molecule has 2 aromatic rings. The first-order valence-corrected chi connectivity index (χ1v) is 9.90. The molecular formula is C21H26BrNO2. The van der Waals surface area contributed by atoms with Gasteiger partial charge >= 0.3 is 0 Å². The minimum absolute atomic E-state index is 0.338. The Balaban J connectivity index is 1.50. The van der Waals surface area contributed by atoms with E-state index in [-0.39, 0.29) is 0 Å². The molecule has 134 valence electrons. The van der Waals surface area contributed by atoms with Gasteiger partial charge < -0.3 is 14.7 Å². The van der Waals surface area contributed by atoms with Crippen molar-refractivity contribution in [3.05, 3.63) is 53.0 Å². The van der Waals surface area contributed by atoms with Gasteiger partial charge in [-0.05, 0) is 55.3 Å². The van der Waals surface area contributed by atoms with E-state index in [1.165, 1.54) is 25.7 Å². The van der Waals surface area contributed by atoms with Crippen LogP contribution in [0.4, 0.5) is 0 Å². The first-order chi connectivity index (χ1) is 12.2. The second-order valence-electron chi connectivity index (χ2n) is 6.68. The molecule has 1 unspecified atom stereocenters. The Morgan fingerprint density at radius 2 is 1.64 bits per heavy atom. The summed E-state index contributed by atoms with van der Waals surface area (Å²) in [6.07, 6.45) is 4.66. The molecule has 0 radical (unpaired) electrons. The minimum atomic E-state index is -0.443. The van der Waals surface area contributed by atoms with Gasteiger partial charge in [0.05, 0.1) is 0 Å². The molecule has 1 heterocycles. The van der Waals surface area contributed by atoms with Crippen LogP contribution < -0.4 is 4.74 Å². The lowest BCUT2D eigenvalue weighted by Gasteiger charge is -2.23. The van der Waals surface area contributed by atoms with Crippen molar-refractivity contribution in [2.45, 2.75) is 31.8 Å². The largest absolute Gasteiger partial charge is 0.491 e. The first kappa shape index (κ1) is 18.4. The molecule has 2 aromatic carbocycles. The van der Waals surface area contributed by atoms with Gasteiger partial charge in [-0.3, -0.25) is 0 Å². The molecule has 1 aliphatic heterocycles. The molecule has 0 saturated carbocycles. The summed E-state index contributed by atoms with van der Waals surface area (Å²) >= 11 is 3.58. The molecule has 4 heteroatoms. The summed E-state index contributed by atoms with van der Waals surface area (Å²) in [4.78, 5) is 2.36. The zero-order valence-corrected chi connectivity index (χ0v) is 16.1. The number of benzene rings is 2. The van der Waals surface area contributed by atoms with E-state index >= 15 is 0 Å². The van der Waals surface area contributed by atoms with Crippen molar-refractivity contribution in [3.63, 3.8) is 0 Å². The number of aliphatic hydroxyl groups is 1. The number of halogens is 1. The molecule has 3 rings (SSSR count). The van der Waals surface area contributed by atoms with Gasteiger partial charge in [0.25, 0.3) is 0 Å². The van der Waals surface area contributed by atoms with Crippen LogP contribution in [0.25, 0.3) is 11.1 Å². The van der Waals surface area contributed by atoms with Crippen LogP contribution in [0.15, 0.2) is 53.0 Å². The topological polar surface area (TPSA) is 32.7 Å². The van der Waals surface area contributed by atoms with Crippen molar-refractivity contribution in [1.82, 2.24) is 4.90 Å². The van der Waals surface area contributed by atoms with E-state index in [9.17, 15) is 5.11 Å². The molecule has 3 nitrogen and oxygen atoms in total. The summed E-state index contributed by atoms with van der Waals surface area (Å²) in [5.74, 6) is 0.797. The van der Waals surface area contributed by atoms with E-state index in [1.807, 2.05) is 30.3 Å². The van der Waals surface area contributed by atoms with E-state index in [1.54, 1.807) is 0 Å². The number of nitrogens with zero attached hydrogens (tertiary/aromatic N) is 1. The van der Waals surface area contributed by atoms with Gasteiger partial charge in [0.1, 0.15) is 18.5 Å². The van der Waals surface area contributed by atoms with Crippen LogP contribution in [0.5, 0.6) is 5.75 Å². The Morgan fingerprint density at radius 1 is 0.960 bits per heavy atom. The lowest BCUT2D eigenvalue weighted by molar-refractivity contribution is 0.0694. The number of likely N-dealkylation sites (tertiary alicyclic amines) is 1. The Morgan fingerprint density at radius 3 is 2.32 bits per heavy atom.